The first kappa shape index (κ1) is 14.7. The van der Waals surface area contributed by atoms with E-state index < -0.39 is 0 Å². The fourth-order valence-corrected chi connectivity index (χ4v) is 2.80. The molecular formula is C12H24ClN3O. The Morgan fingerprint density at radius 2 is 2.00 bits per heavy atom. The van der Waals surface area contributed by atoms with Crippen molar-refractivity contribution in [2.45, 2.75) is 32.2 Å². The van der Waals surface area contributed by atoms with Crippen molar-refractivity contribution in [1.29, 1.82) is 0 Å². The summed E-state index contributed by atoms with van der Waals surface area (Å²) in [6.07, 6.45) is 3.83. The van der Waals surface area contributed by atoms with Gasteiger partial charge in [-0.3, -0.25) is 4.79 Å². The predicted molar refractivity (Wildman–Crippen MR) is 71.3 cm³/mol. The molecule has 2 fully saturated rings. The van der Waals surface area contributed by atoms with Crippen LogP contribution in [-0.4, -0.2) is 54.5 Å². The molecule has 0 aromatic heterocycles. The third-order valence-electron chi connectivity index (χ3n) is 3.70. The molecule has 2 aliphatic heterocycles. The zero-order chi connectivity index (χ0) is 11.5. The van der Waals surface area contributed by atoms with Gasteiger partial charge in [0.05, 0.1) is 6.04 Å². The first-order valence-electron chi connectivity index (χ1n) is 6.43. The summed E-state index contributed by atoms with van der Waals surface area (Å²) in [5, 5.41) is 0. The maximum absolute atomic E-state index is 11.7. The number of nitrogens with two attached hydrogens (primary N) is 1. The summed E-state index contributed by atoms with van der Waals surface area (Å²) < 4.78 is 0. The molecule has 0 aliphatic carbocycles. The van der Waals surface area contributed by atoms with Crippen molar-refractivity contribution in [2.24, 2.45) is 11.7 Å². The van der Waals surface area contributed by atoms with Crippen molar-refractivity contribution >= 4 is 18.3 Å². The largest absolute Gasteiger partial charge is 0.341 e. The molecule has 0 radical (unpaired) electrons. The van der Waals surface area contributed by atoms with Gasteiger partial charge in [0.15, 0.2) is 0 Å². The summed E-state index contributed by atoms with van der Waals surface area (Å²) in [4.78, 5) is 16.2. The first-order chi connectivity index (χ1) is 7.66. The van der Waals surface area contributed by atoms with Crippen LogP contribution in [0.5, 0.6) is 0 Å². The van der Waals surface area contributed by atoms with Crippen LogP contribution in [0.15, 0.2) is 0 Å². The van der Waals surface area contributed by atoms with Gasteiger partial charge in [-0.1, -0.05) is 0 Å². The Morgan fingerprint density at radius 3 is 2.59 bits per heavy atom. The Bertz CT molecular complexity index is 254. The van der Waals surface area contributed by atoms with Gasteiger partial charge in [-0.2, -0.15) is 0 Å². The summed E-state index contributed by atoms with van der Waals surface area (Å²) in [5.41, 5.74) is 5.62. The second kappa shape index (κ2) is 6.57. The molecule has 0 aromatic carbocycles. The summed E-state index contributed by atoms with van der Waals surface area (Å²) in [7, 11) is 0. The lowest BCUT2D eigenvalue weighted by molar-refractivity contribution is -0.131. The Kier molecular flexibility index (Phi) is 5.70. The average molecular weight is 262 g/mol. The Hall–Kier alpha value is -0.320. The zero-order valence-electron chi connectivity index (χ0n) is 10.6. The number of carbonyl (C=O) groups excluding carboxylic acids is 1. The highest BCUT2D eigenvalue weighted by molar-refractivity contribution is 5.85. The third-order valence-corrected chi connectivity index (χ3v) is 3.70. The number of amides is 1. The number of halogens is 1. The lowest BCUT2D eigenvalue weighted by Crippen LogP contribution is -2.41. The molecule has 1 amide bonds. The topological polar surface area (TPSA) is 49.6 Å². The van der Waals surface area contributed by atoms with Gasteiger partial charge in [-0.05, 0) is 45.2 Å². The number of likely N-dealkylation sites (tertiary alicyclic amines) is 2. The molecule has 2 saturated heterocycles. The number of hydrogen-bond donors (Lipinski definition) is 1. The highest BCUT2D eigenvalue weighted by Crippen LogP contribution is 2.20. The Morgan fingerprint density at radius 1 is 1.35 bits per heavy atom. The van der Waals surface area contributed by atoms with Crippen molar-refractivity contribution < 1.29 is 4.79 Å². The minimum absolute atomic E-state index is 0. The molecular weight excluding hydrogens is 238 g/mol. The molecule has 0 aromatic rings. The van der Waals surface area contributed by atoms with Crippen molar-refractivity contribution in [3.05, 3.63) is 0 Å². The SMILES string of the molecule is CC(N)C(=O)N1CCC(CN2CCCC2)C1.Cl. The molecule has 2 aliphatic rings. The fourth-order valence-electron chi connectivity index (χ4n) is 2.80. The number of carbonyl (C=O) groups is 1. The second-order valence-corrected chi connectivity index (χ2v) is 5.24. The second-order valence-electron chi connectivity index (χ2n) is 5.24. The molecule has 100 valence electrons. The van der Waals surface area contributed by atoms with Gasteiger partial charge in [-0.15, -0.1) is 12.4 Å². The number of rotatable bonds is 3. The molecule has 5 heteroatoms. The van der Waals surface area contributed by atoms with Crippen LogP contribution in [0.4, 0.5) is 0 Å². The van der Waals surface area contributed by atoms with Gasteiger partial charge in [-0.25, -0.2) is 0 Å². The van der Waals surface area contributed by atoms with E-state index in [9.17, 15) is 4.79 Å². The van der Waals surface area contributed by atoms with E-state index in [2.05, 4.69) is 4.90 Å². The lowest BCUT2D eigenvalue weighted by Gasteiger charge is -2.21. The van der Waals surface area contributed by atoms with E-state index >= 15 is 0 Å². The number of nitrogens with zero attached hydrogens (tertiary/aromatic N) is 2. The van der Waals surface area contributed by atoms with Gasteiger partial charge in [0.2, 0.25) is 5.91 Å². The van der Waals surface area contributed by atoms with Crippen LogP contribution in [0, 0.1) is 5.92 Å². The quantitative estimate of drug-likeness (QED) is 0.814. The molecule has 17 heavy (non-hydrogen) atoms. The van der Waals surface area contributed by atoms with E-state index in [1.54, 1.807) is 6.92 Å². The molecule has 2 heterocycles. The average Bonchev–Trinajstić information content (AvgIpc) is 2.88. The van der Waals surface area contributed by atoms with Crippen LogP contribution >= 0.6 is 12.4 Å². The van der Waals surface area contributed by atoms with Gasteiger partial charge >= 0.3 is 0 Å². The van der Waals surface area contributed by atoms with E-state index in [-0.39, 0.29) is 24.4 Å². The zero-order valence-corrected chi connectivity index (χ0v) is 11.4. The summed E-state index contributed by atoms with van der Waals surface area (Å²) in [6.45, 7) is 7.25. The predicted octanol–water partition coefficient (Wildman–Crippen LogP) is 0.700. The molecule has 2 atom stereocenters. The van der Waals surface area contributed by atoms with Crippen molar-refractivity contribution in [1.82, 2.24) is 9.80 Å². The summed E-state index contributed by atoms with van der Waals surface area (Å²) in [5.74, 6) is 0.782. The molecule has 0 saturated carbocycles. The van der Waals surface area contributed by atoms with E-state index in [4.69, 9.17) is 5.73 Å². The van der Waals surface area contributed by atoms with Crippen LogP contribution in [-0.2, 0) is 4.79 Å². The van der Waals surface area contributed by atoms with Crippen LogP contribution < -0.4 is 5.73 Å². The minimum Gasteiger partial charge on any atom is -0.341 e. The lowest BCUT2D eigenvalue weighted by atomic mass is 10.1. The van der Waals surface area contributed by atoms with Gasteiger partial charge in [0, 0.05) is 19.6 Å². The molecule has 0 spiro atoms. The van der Waals surface area contributed by atoms with Gasteiger partial charge in [0.1, 0.15) is 0 Å². The van der Waals surface area contributed by atoms with Crippen molar-refractivity contribution in [3.63, 3.8) is 0 Å². The maximum atomic E-state index is 11.7. The van der Waals surface area contributed by atoms with E-state index in [1.165, 1.54) is 32.5 Å². The molecule has 4 nitrogen and oxygen atoms in total. The monoisotopic (exact) mass is 261 g/mol. The summed E-state index contributed by atoms with van der Waals surface area (Å²) in [6, 6.07) is -0.342. The smallest absolute Gasteiger partial charge is 0.239 e. The maximum Gasteiger partial charge on any atom is 0.239 e. The Labute approximate surface area is 110 Å². The van der Waals surface area contributed by atoms with Gasteiger partial charge < -0.3 is 15.5 Å². The molecule has 2 rings (SSSR count). The minimum atomic E-state index is -0.342. The van der Waals surface area contributed by atoms with Crippen molar-refractivity contribution in [3.8, 4) is 0 Å². The molecule has 0 bridgehead atoms. The van der Waals surface area contributed by atoms with E-state index in [0.717, 1.165) is 19.5 Å². The fraction of sp³-hybridized carbons (Fsp3) is 0.917. The standard InChI is InChI=1S/C12H23N3O.ClH/c1-10(13)12(16)15-7-4-11(9-15)8-14-5-2-3-6-14;/h10-11H,2-9,13H2,1H3;1H. The van der Waals surface area contributed by atoms with E-state index in [0.29, 0.717) is 5.92 Å². The highest BCUT2D eigenvalue weighted by Gasteiger charge is 2.29. The highest BCUT2D eigenvalue weighted by atomic mass is 35.5. The Balaban J connectivity index is 0.00000144. The van der Waals surface area contributed by atoms with Gasteiger partial charge in [0.25, 0.3) is 0 Å². The van der Waals surface area contributed by atoms with Crippen LogP contribution in [0.3, 0.4) is 0 Å². The third kappa shape index (κ3) is 3.83. The van der Waals surface area contributed by atoms with Crippen LogP contribution in [0.2, 0.25) is 0 Å². The van der Waals surface area contributed by atoms with Crippen LogP contribution in [0.25, 0.3) is 0 Å². The molecule has 2 N–H and O–H groups in total. The molecule has 2 unspecified atom stereocenters. The van der Waals surface area contributed by atoms with Crippen LogP contribution in [0.1, 0.15) is 26.2 Å². The van der Waals surface area contributed by atoms with E-state index in [1.807, 2.05) is 4.90 Å². The number of hydrogen-bond acceptors (Lipinski definition) is 3. The van der Waals surface area contributed by atoms with Crippen molar-refractivity contribution in [2.75, 3.05) is 32.7 Å². The first-order valence-corrected chi connectivity index (χ1v) is 6.43. The normalized spacial score (nSPS) is 26.9. The summed E-state index contributed by atoms with van der Waals surface area (Å²) >= 11 is 0.